The van der Waals surface area contributed by atoms with Gasteiger partial charge in [0, 0.05) is 22.1 Å². The third kappa shape index (κ3) is 8.60. The van der Waals surface area contributed by atoms with Crippen molar-refractivity contribution in [2.75, 3.05) is 0 Å². The Balaban J connectivity index is 1.37. The molecule has 0 saturated heterocycles. The first-order chi connectivity index (χ1) is 19.2. The summed E-state index contributed by atoms with van der Waals surface area (Å²) in [4.78, 5) is 0. The van der Waals surface area contributed by atoms with Gasteiger partial charge in [0.15, 0.2) is 0 Å². The molecule has 0 unspecified atom stereocenters. The molecule has 0 saturated carbocycles. The van der Waals surface area contributed by atoms with Crippen LogP contribution in [0.2, 0.25) is 0 Å². The highest BCUT2D eigenvalue weighted by Gasteiger charge is 2.07. The van der Waals surface area contributed by atoms with E-state index in [2.05, 4.69) is 73.9 Å². The van der Waals surface area contributed by atoms with E-state index in [-0.39, 0.29) is 5.82 Å². The van der Waals surface area contributed by atoms with Gasteiger partial charge in [-0.2, -0.15) is 0 Å². The van der Waals surface area contributed by atoms with E-state index >= 15 is 4.39 Å². The summed E-state index contributed by atoms with van der Waals surface area (Å²) in [5.74, 6) is 12.4. The SMILES string of the molecule is CCCCCCCc1ccc2c(F)c(C#Cc3ccc(C#Cc4ccc(CCCCC)cc4)cc3)ccc2c1. The van der Waals surface area contributed by atoms with Crippen LogP contribution in [0.4, 0.5) is 4.39 Å². The molecule has 0 heterocycles. The smallest absolute Gasteiger partial charge is 0.146 e. The highest BCUT2D eigenvalue weighted by Crippen LogP contribution is 2.23. The Kier molecular flexibility index (Phi) is 10.8. The summed E-state index contributed by atoms with van der Waals surface area (Å²) in [5, 5.41) is 1.58. The summed E-state index contributed by atoms with van der Waals surface area (Å²) in [6.07, 6.45) is 12.3. The van der Waals surface area contributed by atoms with E-state index in [9.17, 15) is 0 Å². The number of rotatable bonds is 10. The molecule has 0 nitrogen and oxygen atoms in total. The van der Waals surface area contributed by atoms with Crippen molar-refractivity contribution < 1.29 is 4.39 Å². The molecule has 4 rings (SSSR count). The van der Waals surface area contributed by atoms with Gasteiger partial charge in [0.1, 0.15) is 5.82 Å². The second-order valence-electron chi connectivity index (χ2n) is 10.4. The van der Waals surface area contributed by atoms with Crippen molar-refractivity contribution in [3.63, 3.8) is 0 Å². The fourth-order valence-corrected chi connectivity index (χ4v) is 4.78. The average molecular weight is 515 g/mol. The Morgan fingerprint density at radius 2 is 1.03 bits per heavy atom. The predicted molar refractivity (Wildman–Crippen MR) is 164 cm³/mol. The predicted octanol–water partition coefficient (Wildman–Crippen LogP) is 10.0. The van der Waals surface area contributed by atoms with Gasteiger partial charge < -0.3 is 0 Å². The van der Waals surface area contributed by atoms with E-state index in [1.165, 1.54) is 62.5 Å². The summed E-state index contributed by atoms with van der Waals surface area (Å²) < 4.78 is 15.2. The van der Waals surface area contributed by atoms with Gasteiger partial charge in [-0.3, -0.25) is 0 Å². The second kappa shape index (κ2) is 15.0. The van der Waals surface area contributed by atoms with Gasteiger partial charge in [0.05, 0.1) is 5.56 Å². The maximum Gasteiger partial charge on any atom is 0.146 e. The van der Waals surface area contributed by atoms with Crippen LogP contribution in [0.1, 0.15) is 98.6 Å². The number of fused-ring (bicyclic) bond motifs is 1. The topological polar surface area (TPSA) is 0 Å². The van der Waals surface area contributed by atoms with E-state index in [0.717, 1.165) is 34.9 Å². The average Bonchev–Trinajstić information content (AvgIpc) is 2.97. The van der Waals surface area contributed by atoms with Crippen molar-refractivity contribution in [1.29, 1.82) is 0 Å². The lowest BCUT2D eigenvalue weighted by Gasteiger charge is -2.06. The molecule has 0 spiro atoms. The van der Waals surface area contributed by atoms with Crippen molar-refractivity contribution in [2.45, 2.75) is 78.1 Å². The molecule has 4 aromatic carbocycles. The van der Waals surface area contributed by atoms with Crippen LogP contribution in [0.3, 0.4) is 0 Å². The highest BCUT2D eigenvalue weighted by atomic mass is 19.1. The Hall–Kier alpha value is -3.81. The lowest BCUT2D eigenvalue weighted by Crippen LogP contribution is -1.90. The number of aryl methyl sites for hydroxylation is 2. The van der Waals surface area contributed by atoms with E-state index in [1.807, 2.05) is 36.4 Å². The minimum Gasteiger partial charge on any atom is -0.205 e. The molecule has 1 heteroatoms. The van der Waals surface area contributed by atoms with Crippen LogP contribution in [0.25, 0.3) is 10.8 Å². The lowest BCUT2D eigenvalue weighted by molar-refractivity contribution is 0.631. The molecule has 0 aliphatic heterocycles. The molecule has 0 aromatic heterocycles. The van der Waals surface area contributed by atoms with Crippen LogP contribution >= 0.6 is 0 Å². The Bertz CT molecular complexity index is 1470. The molecule has 0 aliphatic rings. The van der Waals surface area contributed by atoms with Gasteiger partial charge >= 0.3 is 0 Å². The molecule has 4 aromatic rings. The third-order valence-electron chi connectivity index (χ3n) is 7.19. The summed E-state index contributed by atoms with van der Waals surface area (Å²) in [7, 11) is 0. The van der Waals surface area contributed by atoms with Crippen LogP contribution in [0.5, 0.6) is 0 Å². The zero-order valence-electron chi connectivity index (χ0n) is 23.5. The highest BCUT2D eigenvalue weighted by molar-refractivity contribution is 5.85. The monoisotopic (exact) mass is 514 g/mol. The maximum absolute atomic E-state index is 15.2. The van der Waals surface area contributed by atoms with Gasteiger partial charge in [-0.25, -0.2) is 4.39 Å². The summed E-state index contributed by atoms with van der Waals surface area (Å²) in [5.41, 5.74) is 5.87. The maximum atomic E-state index is 15.2. The molecule has 0 N–H and O–H groups in total. The Morgan fingerprint density at radius 3 is 1.69 bits per heavy atom. The standard InChI is InChI=1S/C38H39F/c1-3-5-7-8-10-12-34-24-28-37-36(29-34)27-26-35(38(37)39)25-23-33-21-19-32(20-22-33)18-17-31-15-13-30(14-16-31)11-9-6-4-2/h13-16,19-22,24,26-29H,3-12H2,1-2H3. The lowest BCUT2D eigenvalue weighted by atomic mass is 10.00. The number of hydrogen-bond donors (Lipinski definition) is 0. The molecular weight excluding hydrogens is 475 g/mol. The molecule has 198 valence electrons. The van der Waals surface area contributed by atoms with Crippen molar-refractivity contribution in [2.24, 2.45) is 0 Å². The minimum absolute atomic E-state index is 0.242. The van der Waals surface area contributed by atoms with Crippen LogP contribution in [0, 0.1) is 29.5 Å². The van der Waals surface area contributed by atoms with E-state index < -0.39 is 0 Å². The Morgan fingerprint density at radius 1 is 0.513 bits per heavy atom. The van der Waals surface area contributed by atoms with Crippen LogP contribution in [0.15, 0.2) is 78.9 Å². The van der Waals surface area contributed by atoms with Gasteiger partial charge in [-0.05, 0) is 84.7 Å². The Labute approximate surface area is 234 Å². The number of hydrogen-bond acceptors (Lipinski definition) is 0. The number of halogens is 1. The van der Waals surface area contributed by atoms with Crippen molar-refractivity contribution in [3.05, 3.63) is 118 Å². The van der Waals surface area contributed by atoms with Crippen molar-refractivity contribution in [3.8, 4) is 23.7 Å². The zero-order valence-corrected chi connectivity index (χ0v) is 23.5. The first-order valence-electron chi connectivity index (χ1n) is 14.6. The largest absolute Gasteiger partial charge is 0.205 e. The molecular formula is C38H39F. The first-order valence-corrected chi connectivity index (χ1v) is 14.6. The molecule has 0 atom stereocenters. The number of benzene rings is 4. The molecule has 0 aliphatic carbocycles. The van der Waals surface area contributed by atoms with E-state index in [0.29, 0.717) is 10.9 Å². The van der Waals surface area contributed by atoms with Crippen molar-refractivity contribution >= 4 is 10.8 Å². The second-order valence-corrected chi connectivity index (χ2v) is 10.4. The van der Waals surface area contributed by atoms with E-state index in [1.54, 1.807) is 6.07 Å². The quantitative estimate of drug-likeness (QED) is 0.146. The molecule has 0 fully saturated rings. The summed E-state index contributed by atoms with van der Waals surface area (Å²) in [6, 6.07) is 26.3. The normalized spacial score (nSPS) is 10.5. The summed E-state index contributed by atoms with van der Waals surface area (Å²) >= 11 is 0. The van der Waals surface area contributed by atoms with Gasteiger partial charge in [-0.15, -0.1) is 0 Å². The van der Waals surface area contributed by atoms with Gasteiger partial charge in [0.25, 0.3) is 0 Å². The van der Waals surface area contributed by atoms with Crippen LogP contribution in [-0.4, -0.2) is 0 Å². The van der Waals surface area contributed by atoms with Crippen LogP contribution < -0.4 is 0 Å². The number of unbranched alkanes of at least 4 members (excludes halogenated alkanes) is 6. The summed E-state index contributed by atoms with van der Waals surface area (Å²) in [6.45, 7) is 4.46. The van der Waals surface area contributed by atoms with Gasteiger partial charge in [-0.1, -0.05) is 112 Å². The molecule has 0 radical (unpaired) electrons. The molecule has 0 bridgehead atoms. The first kappa shape index (κ1) is 28.2. The minimum atomic E-state index is -0.242. The van der Waals surface area contributed by atoms with E-state index in [4.69, 9.17) is 0 Å². The van der Waals surface area contributed by atoms with Gasteiger partial charge in [0.2, 0.25) is 0 Å². The fourth-order valence-electron chi connectivity index (χ4n) is 4.78. The van der Waals surface area contributed by atoms with Crippen LogP contribution in [-0.2, 0) is 12.8 Å². The molecule has 0 amide bonds. The molecule has 39 heavy (non-hydrogen) atoms. The van der Waals surface area contributed by atoms with Crippen molar-refractivity contribution in [1.82, 2.24) is 0 Å². The fraction of sp³-hybridized carbons (Fsp3) is 0.316. The zero-order chi connectivity index (χ0) is 27.3. The third-order valence-corrected chi connectivity index (χ3v) is 7.19.